The smallest absolute Gasteiger partial charge is 0.335 e. The normalized spacial score (nSPS) is 16.5. The van der Waals surface area contributed by atoms with Gasteiger partial charge < -0.3 is 14.2 Å². The summed E-state index contributed by atoms with van der Waals surface area (Å²) in [5, 5.41) is 11.9. The van der Waals surface area contributed by atoms with Gasteiger partial charge in [-0.15, -0.1) is 0 Å². The topological polar surface area (TPSA) is 64.2 Å². The lowest BCUT2D eigenvalue weighted by Crippen LogP contribution is -2.11. The van der Waals surface area contributed by atoms with Gasteiger partial charge >= 0.3 is 5.97 Å². The van der Waals surface area contributed by atoms with Crippen LogP contribution in [0.4, 0.5) is 0 Å². The molecule has 33 heavy (non-hydrogen) atoms. The van der Waals surface area contributed by atoms with Crippen LogP contribution >= 0.6 is 0 Å². The zero-order chi connectivity index (χ0) is 22.7. The molecular formula is C28H28N2O3. The molecule has 4 aromatic rings. The number of fused-ring (bicyclic) bond motifs is 4. The number of carboxylic acid groups (broad SMARTS) is 1. The van der Waals surface area contributed by atoms with Gasteiger partial charge in [-0.05, 0) is 49.8 Å². The van der Waals surface area contributed by atoms with Crippen molar-refractivity contribution in [2.75, 3.05) is 0 Å². The Hall–Kier alpha value is -3.34. The molecule has 1 aliphatic heterocycles. The summed E-state index contributed by atoms with van der Waals surface area (Å²) in [4.78, 5) is 24.2. The van der Waals surface area contributed by atoms with Gasteiger partial charge in [0.25, 0.3) is 0 Å². The van der Waals surface area contributed by atoms with Gasteiger partial charge in [-0.25, -0.2) is 4.79 Å². The highest BCUT2D eigenvalue weighted by molar-refractivity contribution is 6.11. The van der Waals surface area contributed by atoms with E-state index in [0.717, 1.165) is 47.1 Å². The molecule has 5 heteroatoms. The van der Waals surface area contributed by atoms with E-state index in [1.807, 2.05) is 18.3 Å². The van der Waals surface area contributed by atoms with Gasteiger partial charge in [0.05, 0.1) is 16.8 Å². The van der Waals surface area contributed by atoms with Crippen molar-refractivity contribution in [3.8, 4) is 11.3 Å². The van der Waals surface area contributed by atoms with Gasteiger partial charge in [0.1, 0.15) is 0 Å². The summed E-state index contributed by atoms with van der Waals surface area (Å²) in [6, 6.07) is 11.9. The molecule has 0 radical (unpaired) electrons. The van der Waals surface area contributed by atoms with Crippen LogP contribution in [0.3, 0.4) is 0 Å². The molecule has 2 aliphatic rings. The fourth-order valence-electron chi connectivity index (χ4n) is 6.24. The molecule has 0 amide bonds. The number of hydrogen-bond acceptors (Lipinski definition) is 2. The molecule has 2 aromatic heterocycles. The standard InChI is InChI=1S/C28H28N2O3/c1-17(31)23-16-29-13-6-14-30-24-15-19(28(32)33)11-12-21(24)25(18-7-3-2-4-8-18)27(30)22-10-5-9-20(23)26(22)29/h5,9-12,15-16,18H,2-4,6-8,13-14H2,1H3,(H,32,33). The quantitative estimate of drug-likeness (QED) is 0.364. The van der Waals surface area contributed by atoms with E-state index in [1.54, 1.807) is 13.0 Å². The summed E-state index contributed by atoms with van der Waals surface area (Å²) in [6.07, 6.45) is 9.04. The van der Waals surface area contributed by atoms with Gasteiger partial charge in [-0.1, -0.05) is 43.5 Å². The number of aromatic carboxylic acids is 1. The van der Waals surface area contributed by atoms with Crippen LogP contribution in [0.5, 0.6) is 0 Å². The second-order valence-corrected chi connectivity index (χ2v) is 9.63. The molecule has 1 saturated carbocycles. The highest BCUT2D eigenvalue weighted by atomic mass is 16.4. The van der Waals surface area contributed by atoms with Crippen LogP contribution in [0.2, 0.25) is 0 Å². The zero-order valence-corrected chi connectivity index (χ0v) is 18.9. The average molecular weight is 441 g/mol. The summed E-state index contributed by atoms with van der Waals surface area (Å²) in [5.41, 5.74) is 7.02. The van der Waals surface area contributed by atoms with Crippen molar-refractivity contribution in [2.45, 2.75) is 64.5 Å². The number of carbonyl (C=O) groups excluding carboxylic acids is 1. The summed E-state index contributed by atoms with van der Waals surface area (Å²) < 4.78 is 4.63. The lowest BCUT2D eigenvalue weighted by molar-refractivity contribution is 0.0696. The molecule has 5 nitrogen and oxygen atoms in total. The van der Waals surface area contributed by atoms with Crippen LogP contribution in [0, 0.1) is 0 Å². The van der Waals surface area contributed by atoms with Gasteiger partial charge in [0.15, 0.2) is 5.78 Å². The maximum Gasteiger partial charge on any atom is 0.335 e. The second-order valence-electron chi connectivity index (χ2n) is 9.63. The Morgan fingerprint density at radius 2 is 1.79 bits per heavy atom. The number of carboxylic acids is 1. The van der Waals surface area contributed by atoms with Crippen molar-refractivity contribution in [1.29, 1.82) is 0 Å². The first-order valence-corrected chi connectivity index (χ1v) is 12.1. The predicted molar refractivity (Wildman–Crippen MR) is 130 cm³/mol. The molecule has 6 rings (SSSR count). The van der Waals surface area contributed by atoms with Crippen LogP contribution in [0.25, 0.3) is 33.1 Å². The minimum absolute atomic E-state index is 0.0919. The zero-order valence-electron chi connectivity index (χ0n) is 18.9. The number of benzene rings is 2. The van der Waals surface area contributed by atoms with E-state index in [1.165, 1.54) is 48.7 Å². The molecule has 0 atom stereocenters. The first-order chi connectivity index (χ1) is 16.0. The van der Waals surface area contributed by atoms with Crippen molar-refractivity contribution in [3.05, 3.63) is 59.3 Å². The average Bonchev–Trinajstić information content (AvgIpc) is 3.34. The number of aryl methyl sites for hydroxylation is 2. The first-order valence-electron chi connectivity index (χ1n) is 12.1. The number of nitrogens with zero attached hydrogens (tertiary/aromatic N) is 2. The number of hydrogen-bond donors (Lipinski definition) is 1. The second kappa shape index (κ2) is 7.62. The largest absolute Gasteiger partial charge is 0.478 e. The Morgan fingerprint density at radius 1 is 0.970 bits per heavy atom. The number of para-hydroxylation sites is 1. The summed E-state index contributed by atoms with van der Waals surface area (Å²) in [6.45, 7) is 3.30. The number of Topliss-reactive ketones (excluding diaryl/α,β-unsaturated/α-hetero) is 1. The molecule has 1 aliphatic carbocycles. The lowest BCUT2D eigenvalue weighted by atomic mass is 9.81. The predicted octanol–water partition coefficient (Wildman–Crippen LogP) is 6.62. The monoisotopic (exact) mass is 440 g/mol. The Bertz CT molecular complexity index is 1430. The Kier molecular flexibility index (Phi) is 4.68. The molecule has 3 heterocycles. The number of aromatic nitrogens is 2. The molecule has 0 bridgehead atoms. The minimum Gasteiger partial charge on any atom is -0.478 e. The highest BCUT2D eigenvalue weighted by Crippen LogP contribution is 2.46. The van der Waals surface area contributed by atoms with Crippen molar-refractivity contribution in [2.24, 2.45) is 0 Å². The number of rotatable bonds is 3. The fraction of sp³-hybridized carbons (Fsp3) is 0.357. The fourth-order valence-corrected chi connectivity index (χ4v) is 6.24. The third kappa shape index (κ3) is 3.05. The van der Waals surface area contributed by atoms with E-state index in [9.17, 15) is 14.7 Å². The summed E-state index contributed by atoms with van der Waals surface area (Å²) >= 11 is 0. The van der Waals surface area contributed by atoms with Crippen LogP contribution in [0.1, 0.15) is 77.6 Å². The van der Waals surface area contributed by atoms with Crippen LogP contribution < -0.4 is 0 Å². The van der Waals surface area contributed by atoms with Crippen LogP contribution in [0.15, 0.2) is 42.6 Å². The number of carbonyl (C=O) groups is 2. The minimum atomic E-state index is -0.889. The summed E-state index contributed by atoms with van der Waals surface area (Å²) in [5.74, 6) is -0.326. The Labute approximate surface area is 192 Å². The third-order valence-corrected chi connectivity index (χ3v) is 7.68. The van der Waals surface area contributed by atoms with E-state index in [0.29, 0.717) is 11.5 Å². The highest BCUT2D eigenvalue weighted by Gasteiger charge is 2.29. The van der Waals surface area contributed by atoms with Crippen molar-refractivity contribution < 1.29 is 14.7 Å². The molecule has 2 aromatic carbocycles. The number of ketones is 1. The Balaban J connectivity index is 1.73. The van der Waals surface area contributed by atoms with Crippen molar-refractivity contribution in [1.82, 2.24) is 9.13 Å². The lowest BCUT2D eigenvalue weighted by Gasteiger charge is -2.25. The SMILES string of the molecule is CC(=O)c1cn2c3c(cccc13)-c1c(C3CCCCC3)c3ccc(C(=O)O)cc3n1CCC2. The van der Waals surface area contributed by atoms with Gasteiger partial charge in [-0.2, -0.15) is 0 Å². The molecule has 0 unspecified atom stereocenters. The molecule has 168 valence electrons. The first kappa shape index (κ1) is 20.3. The van der Waals surface area contributed by atoms with E-state index in [2.05, 4.69) is 27.3 Å². The third-order valence-electron chi connectivity index (χ3n) is 7.68. The van der Waals surface area contributed by atoms with E-state index in [4.69, 9.17) is 0 Å². The van der Waals surface area contributed by atoms with Crippen LogP contribution in [-0.4, -0.2) is 26.0 Å². The maximum atomic E-state index is 12.4. The Morgan fingerprint density at radius 3 is 2.55 bits per heavy atom. The van der Waals surface area contributed by atoms with Gasteiger partial charge in [0.2, 0.25) is 0 Å². The van der Waals surface area contributed by atoms with Crippen molar-refractivity contribution >= 4 is 33.6 Å². The van der Waals surface area contributed by atoms with Crippen molar-refractivity contribution in [3.63, 3.8) is 0 Å². The van der Waals surface area contributed by atoms with E-state index < -0.39 is 5.97 Å². The maximum absolute atomic E-state index is 12.4. The van der Waals surface area contributed by atoms with E-state index >= 15 is 0 Å². The molecule has 1 N–H and O–H groups in total. The van der Waals surface area contributed by atoms with Gasteiger partial charge in [-0.3, -0.25) is 4.79 Å². The summed E-state index contributed by atoms with van der Waals surface area (Å²) in [7, 11) is 0. The van der Waals surface area contributed by atoms with E-state index in [-0.39, 0.29) is 5.78 Å². The molecule has 0 spiro atoms. The van der Waals surface area contributed by atoms with Crippen LogP contribution in [-0.2, 0) is 13.1 Å². The molecule has 1 fully saturated rings. The molecule has 0 saturated heterocycles. The van der Waals surface area contributed by atoms with Gasteiger partial charge in [0, 0.05) is 46.7 Å². The molecular weight excluding hydrogens is 412 g/mol.